The van der Waals surface area contributed by atoms with Gasteiger partial charge in [0.25, 0.3) is 5.92 Å². The monoisotopic (exact) mass is 1720 g/mol. The van der Waals surface area contributed by atoms with E-state index in [2.05, 4.69) is 108 Å². The number of hydrogen-bond donors (Lipinski definition) is 4. The number of aromatic nitrogens is 7. The fraction of sp³-hybridized carbons (Fsp3) is 0.838. The Hall–Kier alpha value is -4.42. The van der Waals surface area contributed by atoms with Crippen molar-refractivity contribution in [1.29, 1.82) is 0 Å². The van der Waals surface area contributed by atoms with Crippen LogP contribution in [0.3, 0.4) is 0 Å². The number of Topliss-reactive ketones (excluding diaryl/α,β-unsaturated/α-hetero) is 4. The van der Waals surface area contributed by atoms with Crippen LogP contribution in [0.15, 0.2) is 55.6 Å². The quantitative estimate of drug-likeness (QED) is 0.0990. The Morgan fingerprint density at radius 1 is 0.358 bits per heavy atom. The van der Waals surface area contributed by atoms with Crippen molar-refractivity contribution in [2.75, 3.05) is 0 Å². The van der Waals surface area contributed by atoms with E-state index in [4.69, 9.17) is 11.6 Å². The molecule has 682 valence electrons. The number of halogens is 3. The van der Waals surface area contributed by atoms with Crippen molar-refractivity contribution in [2.24, 2.45) is 162 Å². The van der Waals surface area contributed by atoms with Gasteiger partial charge in [0.15, 0.2) is 23.1 Å². The van der Waals surface area contributed by atoms with Gasteiger partial charge in [0, 0.05) is 61.6 Å². The summed E-state index contributed by atoms with van der Waals surface area (Å²) in [6.07, 6.45) is 54.8. The Kier molecular flexibility index (Phi) is 24.0. The number of nitrogens with zero attached hydrogens (tertiary/aromatic N) is 7. The van der Waals surface area contributed by atoms with Crippen molar-refractivity contribution in [1.82, 2.24) is 33.9 Å². The zero-order valence-corrected chi connectivity index (χ0v) is 79.0. The Morgan fingerprint density at radius 3 is 0.927 bits per heavy atom. The average Bonchev–Trinajstić information content (AvgIpc) is 1.71. The highest BCUT2D eigenvalue weighted by Crippen LogP contribution is 2.74. The standard InChI is InChI=1S/C27H40F2N2O2.C27H41NO2.C26H40N2O2.C25H37ClN2O2/c1-24(33)11-12-25(2)17(13-24)5-6-19-20-7-8-22(26(20,3)10-9-21(19)25)23(32)16-31-15-18(14-30-31)27(4,28)29;1-18-10-14-28(16-18)17-24(29)23-8-7-21-20-6-5-19-15-25(2,30)12-13-26(19,3)22(20)9-11-27(21,23)4;1-17-14-27-28(15-17)16-23(29)22-8-7-20-19-6-5-18-13-24(2,30)11-12-25(18,3)21(19)9-10-26(20,22)4;1-23(30)10-11-24(2)16(12-23)4-5-18-19-6-7-21(25(19,3)9-8-20(18)24)22(29)15-28-14-17(26)13-27-28/h14-15,17,19-22,33H,5-13,16H2,1-4H3;10,14,16,19-23,30H,5-9,11-13,15,17H2,1-4H3;14-15,18-22,30H,5-13,16H2,1-4H3;13-14,16,18-21,30H,4-12,15H2,1-3H3/t17-,19+,20+,21+,22-,24-,25+,26+;19-,20-,21-,22-,23+,25+,26-,27-;18-,19-,20-,21-,22+,24+,25-,26-;16-,18+,19+,20+,21-,23-,24+,25+/m1001/s1. The summed E-state index contributed by atoms with van der Waals surface area (Å²) in [4.78, 5) is 53.3. The minimum Gasteiger partial charge on any atom is -0.390 e. The smallest absolute Gasteiger partial charge is 0.273 e. The van der Waals surface area contributed by atoms with E-state index in [1.165, 1.54) is 151 Å². The summed E-state index contributed by atoms with van der Waals surface area (Å²) >= 11 is 5.99. The summed E-state index contributed by atoms with van der Waals surface area (Å²) in [6, 6.07) is 2.10. The minimum atomic E-state index is -2.94. The zero-order chi connectivity index (χ0) is 87.7. The maximum Gasteiger partial charge on any atom is 0.273 e. The Bertz CT molecular complexity index is 4210. The first-order chi connectivity index (χ1) is 57.7. The lowest BCUT2D eigenvalue weighted by Gasteiger charge is -2.61. The van der Waals surface area contributed by atoms with Gasteiger partial charge in [-0.15, -0.1) is 0 Å². The minimum absolute atomic E-state index is 0.00384. The molecule has 16 aliphatic carbocycles. The lowest BCUT2D eigenvalue weighted by atomic mass is 9.44. The molecule has 4 aromatic heterocycles. The van der Waals surface area contributed by atoms with Crippen molar-refractivity contribution in [3.63, 3.8) is 0 Å². The Labute approximate surface area is 741 Å². The highest BCUT2D eigenvalue weighted by atomic mass is 35.5. The van der Waals surface area contributed by atoms with Gasteiger partial charge in [-0.25, -0.2) is 8.78 Å². The zero-order valence-electron chi connectivity index (χ0n) is 78.2. The molecule has 18 heteroatoms. The largest absolute Gasteiger partial charge is 0.390 e. The molecule has 16 saturated carbocycles. The molecule has 0 unspecified atom stereocenters. The summed E-state index contributed by atoms with van der Waals surface area (Å²) in [5.41, 5.74) is 2.30. The fourth-order valence-electron chi connectivity index (χ4n) is 35.3. The van der Waals surface area contributed by atoms with Gasteiger partial charge >= 0.3 is 0 Å². The van der Waals surface area contributed by atoms with Crippen LogP contribution in [0.25, 0.3) is 0 Å². The van der Waals surface area contributed by atoms with E-state index >= 15 is 0 Å². The fourth-order valence-corrected chi connectivity index (χ4v) is 35.4. The van der Waals surface area contributed by atoms with Gasteiger partial charge in [0.2, 0.25) is 0 Å². The highest BCUT2D eigenvalue weighted by molar-refractivity contribution is 6.30. The number of ketones is 4. The van der Waals surface area contributed by atoms with Crippen molar-refractivity contribution < 1.29 is 48.4 Å². The normalized spacial score (nSPS) is 47.2. The molecule has 0 saturated heterocycles. The van der Waals surface area contributed by atoms with E-state index in [0.29, 0.717) is 117 Å². The van der Waals surface area contributed by atoms with Crippen LogP contribution >= 0.6 is 11.6 Å². The number of hydrogen-bond acceptors (Lipinski definition) is 11. The van der Waals surface area contributed by atoms with Crippen LogP contribution in [-0.4, -0.2) is 99.9 Å². The van der Waals surface area contributed by atoms with E-state index in [9.17, 15) is 48.4 Å². The number of aryl methyl sites for hydroxylation is 2. The molecule has 0 radical (unpaired) electrons. The van der Waals surface area contributed by atoms with Crippen molar-refractivity contribution in [3.05, 3.63) is 77.4 Å². The molecule has 20 rings (SSSR count). The van der Waals surface area contributed by atoms with E-state index in [1.54, 1.807) is 17.1 Å². The lowest BCUT2D eigenvalue weighted by Crippen LogP contribution is -2.55. The average molecular weight is 1720 g/mol. The van der Waals surface area contributed by atoms with Crippen molar-refractivity contribution >= 4 is 34.7 Å². The summed E-state index contributed by atoms with van der Waals surface area (Å²) in [6.45, 7) is 34.3. The lowest BCUT2D eigenvalue weighted by molar-refractivity contribution is -0.151. The van der Waals surface area contributed by atoms with Gasteiger partial charge in [0.05, 0.1) is 77.8 Å². The third-order valence-corrected chi connectivity index (χ3v) is 42.3. The number of carbonyl (C=O) groups is 4. The first-order valence-electron chi connectivity index (χ1n) is 49.9. The van der Waals surface area contributed by atoms with Crippen molar-refractivity contribution in [2.45, 2.75) is 390 Å². The topological polar surface area (TPSA) is 208 Å². The number of fused-ring (bicyclic) bond motifs is 20. The molecule has 0 aromatic carbocycles. The predicted molar refractivity (Wildman–Crippen MR) is 479 cm³/mol. The second-order valence-corrected chi connectivity index (χ2v) is 49.7. The van der Waals surface area contributed by atoms with E-state index in [-0.39, 0.29) is 63.2 Å². The molecule has 4 heterocycles. The number of rotatable bonds is 13. The molecule has 32 atom stereocenters. The molecule has 0 spiro atoms. The molecule has 15 nitrogen and oxygen atoms in total. The number of alkyl halides is 2. The van der Waals surface area contributed by atoms with E-state index in [0.717, 1.165) is 157 Å². The molecule has 4 aromatic rings. The second-order valence-electron chi connectivity index (χ2n) is 49.2. The molecule has 0 amide bonds. The molecule has 0 bridgehead atoms. The van der Waals surface area contributed by atoms with Gasteiger partial charge < -0.3 is 25.0 Å². The van der Waals surface area contributed by atoms with Gasteiger partial charge in [-0.1, -0.05) is 67.0 Å². The van der Waals surface area contributed by atoms with Gasteiger partial charge in [0.1, 0.15) is 0 Å². The molecular formula is C105H158ClF2N7O8. The predicted octanol–water partition coefficient (Wildman–Crippen LogP) is 22.4. The van der Waals surface area contributed by atoms with E-state index < -0.39 is 28.3 Å². The second kappa shape index (κ2) is 32.5. The summed E-state index contributed by atoms with van der Waals surface area (Å²) < 4.78 is 34.2. The Morgan fingerprint density at radius 2 is 0.650 bits per heavy atom. The molecule has 16 fully saturated rings. The molecule has 4 N–H and O–H groups in total. The maximum absolute atomic E-state index is 13.6. The third kappa shape index (κ3) is 16.4. The molecule has 123 heavy (non-hydrogen) atoms. The van der Waals surface area contributed by atoms with E-state index in [1.807, 2.05) is 44.8 Å². The summed E-state index contributed by atoms with van der Waals surface area (Å²) in [7, 11) is 0. The van der Waals surface area contributed by atoms with Crippen molar-refractivity contribution in [3.8, 4) is 0 Å². The Balaban J connectivity index is 0.000000116. The summed E-state index contributed by atoms with van der Waals surface area (Å²) in [5, 5.41) is 56.0. The van der Waals surface area contributed by atoms with Gasteiger partial charge in [-0.3, -0.25) is 33.2 Å². The van der Waals surface area contributed by atoms with Crippen LogP contribution in [0, 0.1) is 176 Å². The molecule has 0 aliphatic heterocycles. The van der Waals surface area contributed by atoms with Crippen LogP contribution in [0.2, 0.25) is 5.02 Å². The SMILES string of the molecule is CC(F)(F)c1cnn(CC(=O)[C@H]2CC[C@H]3[C@@H]4CC[C@@H]5C[C@](C)(O)CC[C@]5(C)[C@H]4CC[C@]23C)c1.C[C@@]1(O)CC[C@@]2(C)[C@H](CC[C@@H]3[C@@H]2CC[C@]2(C)[C@@H](C(=O)Cn4cc(Cl)cn4)CC[C@@H]32)C1.Cc1ccn(CC(=O)[C@H]2CC[C@H]3[C@@H]4CC[C@H]5C[C@](C)(O)CC[C@]5(C)[C@H]4CC[C@]23C)c1.Cc1cnn(CC(=O)[C@H]2CC[C@H]3[C@@H]4CC[C@H]5C[C@](C)(O)CC[C@]5(C)[C@H]4CC[C@]23C)c1. The first-order valence-corrected chi connectivity index (χ1v) is 50.3. The van der Waals surface area contributed by atoms with Crippen LogP contribution < -0.4 is 0 Å². The van der Waals surface area contributed by atoms with Crippen LogP contribution in [0.5, 0.6) is 0 Å². The number of carbonyl (C=O) groups excluding carboxylic acids is 4. The number of aliphatic hydroxyl groups is 4. The first kappa shape index (κ1) is 90.5. The third-order valence-electron chi connectivity index (χ3n) is 42.1. The van der Waals surface area contributed by atoms with Gasteiger partial charge in [-0.2, -0.15) is 15.3 Å². The summed E-state index contributed by atoms with van der Waals surface area (Å²) in [5.74, 6) is 10.3. The maximum atomic E-state index is 13.6. The molecular weight excluding hydrogens is 1560 g/mol. The van der Waals surface area contributed by atoms with Crippen LogP contribution in [-0.2, 0) is 51.3 Å². The molecule has 16 aliphatic rings. The van der Waals surface area contributed by atoms with Crippen LogP contribution in [0.4, 0.5) is 8.78 Å². The van der Waals surface area contributed by atoms with Gasteiger partial charge in [-0.05, 0) is 428 Å². The van der Waals surface area contributed by atoms with Crippen LogP contribution in [0.1, 0.15) is 338 Å². The highest BCUT2D eigenvalue weighted by Gasteiger charge is 2.68.